The standard InChI is InChI=1S/C23H44O2/c1-5-7-9-11-13-14-15-17-19-22(21(3)4)23(24)25-20-18-16-12-10-8-6-2/h18,20-22H,5-17,19H2,1-4H3. The zero-order valence-electron chi connectivity index (χ0n) is 17.5. The van der Waals surface area contributed by atoms with Gasteiger partial charge in [0.1, 0.15) is 0 Å². The molecule has 0 bridgehead atoms. The van der Waals surface area contributed by atoms with Crippen molar-refractivity contribution < 1.29 is 9.53 Å². The molecular formula is C23H44O2. The number of allylic oxidation sites excluding steroid dienone is 1. The van der Waals surface area contributed by atoms with Crippen molar-refractivity contribution in [2.75, 3.05) is 0 Å². The van der Waals surface area contributed by atoms with Gasteiger partial charge < -0.3 is 4.74 Å². The van der Waals surface area contributed by atoms with Crippen LogP contribution in [0.1, 0.15) is 118 Å². The first-order valence-electron chi connectivity index (χ1n) is 11.0. The molecule has 0 radical (unpaired) electrons. The number of ether oxygens (including phenoxy) is 1. The molecule has 0 heterocycles. The summed E-state index contributed by atoms with van der Waals surface area (Å²) in [7, 11) is 0. The van der Waals surface area contributed by atoms with E-state index >= 15 is 0 Å². The van der Waals surface area contributed by atoms with Gasteiger partial charge in [-0.2, -0.15) is 0 Å². The Labute approximate surface area is 157 Å². The van der Waals surface area contributed by atoms with Crippen LogP contribution in [-0.2, 0) is 9.53 Å². The molecule has 0 amide bonds. The number of unbranched alkanes of at least 4 members (excludes halogenated alkanes) is 11. The third kappa shape index (κ3) is 15.2. The van der Waals surface area contributed by atoms with Crippen molar-refractivity contribution in [2.45, 2.75) is 118 Å². The van der Waals surface area contributed by atoms with Crippen LogP contribution >= 0.6 is 0 Å². The summed E-state index contributed by atoms with van der Waals surface area (Å²) in [4.78, 5) is 12.3. The third-order valence-electron chi connectivity index (χ3n) is 4.98. The topological polar surface area (TPSA) is 26.3 Å². The van der Waals surface area contributed by atoms with E-state index in [0.717, 1.165) is 19.3 Å². The number of hydrogen-bond donors (Lipinski definition) is 0. The zero-order chi connectivity index (χ0) is 18.8. The molecule has 0 aromatic carbocycles. The van der Waals surface area contributed by atoms with Gasteiger partial charge >= 0.3 is 5.97 Å². The Morgan fingerprint density at radius 2 is 1.32 bits per heavy atom. The van der Waals surface area contributed by atoms with Gasteiger partial charge in [0, 0.05) is 0 Å². The van der Waals surface area contributed by atoms with E-state index in [0.29, 0.717) is 5.92 Å². The summed E-state index contributed by atoms with van der Waals surface area (Å²) in [5, 5.41) is 0. The van der Waals surface area contributed by atoms with E-state index in [2.05, 4.69) is 27.7 Å². The average molecular weight is 353 g/mol. The summed E-state index contributed by atoms with van der Waals surface area (Å²) in [6.07, 6.45) is 21.1. The lowest BCUT2D eigenvalue weighted by Crippen LogP contribution is -2.21. The number of hydrogen-bond acceptors (Lipinski definition) is 2. The Balaban J connectivity index is 3.83. The molecule has 1 unspecified atom stereocenters. The van der Waals surface area contributed by atoms with Gasteiger partial charge in [-0.05, 0) is 31.3 Å². The normalized spacial score (nSPS) is 12.8. The lowest BCUT2D eigenvalue weighted by molar-refractivity contribution is -0.144. The number of carbonyl (C=O) groups excluding carboxylic acids is 1. The minimum Gasteiger partial charge on any atom is -0.435 e. The number of carbonyl (C=O) groups is 1. The van der Waals surface area contributed by atoms with Gasteiger partial charge in [0.25, 0.3) is 0 Å². The van der Waals surface area contributed by atoms with Crippen LogP contribution in [0.4, 0.5) is 0 Å². The highest BCUT2D eigenvalue weighted by molar-refractivity contribution is 5.73. The summed E-state index contributed by atoms with van der Waals surface area (Å²) >= 11 is 0. The first kappa shape index (κ1) is 24.2. The molecule has 0 saturated carbocycles. The molecule has 0 aromatic rings. The Morgan fingerprint density at radius 1 is 0.800 bits per heavy atom. The van der Waals surface area contributed by atoms with Gasteiger partial charge in [0.05, 0.1) is 12.2 Å². The molecule has 0 saturated heterocycles. The largest absolute Gasteiger partial charge is 0.435 e. The van der Waals surface area contributed by atoms with Gasteiger partial charge in [-0.3, -0.25) is 4.79 Å². The van der Waals surface area contributed by atoms with Crippen LogP contribution in [-0.4, -0.2) is 5.97 Å². The summed E-state index contributed by atoms with van der Waals surface area (Å²) in [5.41, 5.74) is 0. The van der Waals surface area contributed by atoms with Gasteiger partial charge in [0.15, 0.2) is 0 Å². The van der Waals surface area contributed by atoms with E-state index in [1.807, 2.05) is 6.08 Å². The molecule has 0 aliphatic carbocycles. The Hall–Kier alpha value is -0.790. The SMILES string of the molecule is CCCCCCC=COC(=O)C(CCCCCCCCCC)C(C)C. The van der Waals surface area contributed by atoms with Crippen LogP contribution in [0.25, 0.3) is 0 Å². The average Bonchev–Trinajstić information content (AvgIpc) is 2.59. The molecule has 2 heteroatoms. The highest BCUT2D eigenvalue weighted by atomic mass is 16.5. The van der Waals surface area contributed by atoms with E-state index in [-0.39, 0.29) is 11.9 Å². The van der Waals surface area contributed by atoms with Crippen molar-refractivity contribution in [3.05, 3.63) is 12.3 Å². The summed E-state index contributed by atoms with van der Waals surface area (Å²) in [6.45, 7) is 8.74. The predicted octanol–water partition coefficient (Wildman–Crippen LogP) is 7.82. The molecule has 0 rings (SSSR count). The van der Waals surface area contributed by atoms with Gasteiger partial charge in [-0.1, -0.05) is 98.3 Å². The van der Waals surface area contributed by atoms with Crippen LogP contribution in [0.5, 0.6) is 0 Å². The maximum Gasteiger partial charge on any atom is 0.313 e. The summed E-state index contributed by atoms with van der Waals surface area (Å²) in [6, 6.07) is 0. The first-order valence-corrected chi connectivity index (χ1v) is 11.0. The van der Waals surface area contributed by atoms with Crippen LogP contribution in [0.15, 0.2) is 12.3 Å². The van der Waals surface area contributed by atoms with Crippen molar-refractivity contribution in [3.63, 3.8) is 0 Å². The van der Waals surface area contributed by atoms with Crippen molar-refractivity contribution in [1.82, 2.24) is 0 Å². The number of esters is 1. The molecule has 25 heavy (non-hydrogen) atoms. The molecule has 0 N–H and O–H groups in total. The van der Waals surface area contributed by atoms with E-state index in [1.165, 1.54) is 70.6 Å². The molecule has 0 aliphatic rings. The molecule has 148 valence electrons. The predicted molar refractivity (Wildman–Crippen MR) is 110 cm³/mol. The first-order chi connectivity index (χ1) is 12.1. The van der Waals surface area contributed by atoms with Crippen molar-refractivity contribution in [1.29, 1.82) is 0 Å². The minimum absolute atomic E-state index is 0.0391. The second-order valence-corrected chi connectivity index (χ2v) is 7.77. The Bertz CT molecular complexity index is 320. The Kier molecular flexibility index (Phi) is 17.4. The zero-order valence-corrected chi connectivity index (χ0v) is 17.5. The van der Waals surface area contributed by atoms with Crippen LogP contribution < -0.4 is 0 Å². The molecule has 1 atom stereocenters. The molecular weight excluding hydrogens is 308 g/mol. The second-order valence-electron chi connectivity index (χ2n) is 7.77. The molecule has 0 aromatic heterocycles. The quantitative estimate of drug-likeness (QED) is 0.151. The van der Waals surface area contributed by atoms with Gasteiger partial charge in [-0.15, -0.1) is 0 Å². The van der Waals surface area contributed by atoms with E-state index in [4.69, 9.17) is 4.74 Å². The monoisotopic (exact) mass is 352 g/mol. The van der Waals surface area contributed by atoms with Crippen molar-refractivity contribution >= 4 is 5.97 Å². The molecule has 0 fully saturated rings. The fourth-order valence-electron chi connectivity index (χ4n) is 3.18. The van der Waals surface area contributed by atoms with Crippen molar-refractivity contribution in [3.8, 4) is 0 Å². The smallest absolute Gasteiger partial charge is 0.313 e. The van der Waals surface area contributed by atoms with Gasteiger partial charge in [0.2, 0.25) is 0 Å². The molecule has 0 aliphatic heterocycles. The number of rotatable bonds is 17. The lowest BCUT2D eigenvalue weighted by Gasteiger charge is -2.18. The van der Waals surface area contributed by atoms with E-state index < -0.39 is 0 Å². The minimum atomic E-state index is -0.0391. The third-order valence-corrected chi connectivity index (χ3v) is 4.98. The van der Waals surface area contributed by atoms with Gasteiger partial charge in [-0.25, -0.2) is 0 Å². The Morgan fingerprint density at radius 3 is 1.88 bits per heavy atom. The fourth-order valence-corrected chi connectivity index (χ4v) is 3.18. The second kappa shape index (κ2) is 18.0. The summed E-state index contributed by atoms with van der Waals surface area (Å²) in [5.74, 6) is 0.364. The maximum absolute atomic E-state index is 12.3. The lowest BCUT2D eigenvalue weighted by atomic mass is 9.90. The fraction of sp³-hybridized carbons (Fsp3) is 0.870. The maximum atomic E-state index is 12.3. The van der Waals surface area contributed by atoms with Crippen LogP contribution in [0.3, 0.4) is 0 Å². The van der Waals surface area contributed by atoms with Crippen LogP contribution in [0, 0.1) is 11.8 Å². The van der Waals surface area contributed by atoms with E-state index in [9.17, 15) is 4.79 Å². The van der Waals surface area contributed by atoms with Crippen LogP contribution in [0.2, 0.25) is 0 Å². The highest BCUT2D eigenvalue weighted by Gasteiger charge is 2.22. The van der Waals surface area contributed by atoms with Crippen molar-refractivity contribution in [2.24, 2.45) is 11.8 Å². The molecule has 2 nitrogen and oxygen atoms in total. The van der Waals surface area contributed by atoms with E-state index in [1.54, 1.807) is 6.26 Å². The highest BCUT2D eigenvalue weighted by Crippen LogP contribution is 2.21. The molecule has 0 spiro atoms. The summed E-state index contributed by atoms with van der Waals surface area (Å²) < 4.78 is 5.38.